The van der Waals surface area contributed by atoms with Crippen LogP contribution >= 0.6 is 26.6 Å². The minimum atomic E-state index is -3.88. The lowest BCUT2D eigenvalue weighted by Gasteiger charge is -2.27. The zero-order valence-electron chi connectivity index (χ0n) is 11.5. The summed E-state index contributed by atoms with van der Waals surface area (Å²) in [4.78, 5) is 14.1. The van der Waals surface area contributed by atoms with Crippen LogP contribution in [-0.2, 0) is 13.8 Å². The molecule has 0 radical (unpaired) electrons. The third kappa shape index (κ3) is 3.59. The van der Waals surface area contributed by atoms with Crippen LogP contribution in [0.5, 0.6) is 0 Å². The molecule has 21 heavy (non-hydrogen) atoms. The van der Waals surface area contributed by atoms with E-state index in [0.29, 0.717) is 11.1 Å². The molecule has 0 bridgehead atoms. The molecule has 0 saturated carbocycles. The summed E-state index contributed by atoms with van der Waals surface area (Å²) in [7, 11) is 3.14. The first-order chi connectivity index (χ1) is 9.71. The fourth-order valence-electron chi connectivity index (χ4n) is 2.39. The predicted octanol–water partition coefficient (Wildman–Crippen LogP) is 2.63. The van der Waals surface area contributed by atoms with Crippen LogP contribution < -0.4 is 0 Å². The highest BCUT2D eigenvalue weighted by molar-refractivity contribution is 9.10. The number of halogens is 2. The summed E-state index contributed by atoms with van der Waals surface area (Å²) in [6, 6.07) is 4.11. The van der Waals surface area contributed by atoms with Crippen LogP contribution in [-0.4, -0.2) is 45.0 Å². The second-order valence-electron chi connectivity index (χ2n) is 4.93. The van der Waals surface area contributed by atoms with Crippen molar-refractivity contribution in [3.63, 3.8) is 0 Å². The molecule has 0 aliphatic carbocycles. The number of amides is 1. The highest BCUT2D eigenvalue weighted by Crippen LogP contribution is 2.26. The molecule has 1 aliphatic heterocycles. The van der Waals surface area contributed by atoms with Crippen molar-refractivity contribution in [2.75, 3.05) is 13.7 Å². The molecular weight excluding hydrogens is 382 g/mol. The Balaban J connectivity index is 2.34. The molecule has 1 amide bonds. The van der Waals surface area contributed by atoms with Crippen LogP contribution in [0.4, 0.5) is 0 Å². The first-order valence-electron chi connectivity index (χ1n) is 6.35. The molecule has 1 saturated heterocycles. The molecule has 2 rings (SSSR count). The van der Waals surface area contributed by atoms with Crippen molar-refractivity contribution in [1.82, 2.24) is 4.90 Å². The quantitative estimate of drug-likeness (QED) is 0.737. The predicted molar refractivity (Wildman–Crippen MR) is 83.1 cm³/mol. The number of hydrogen-bond acceptors (Lipinski definition) is 4. The van der Waals surface area contributed by atoms with Crippen LogP contribution in [0.3, 0.4) is 0 Å². The van der Waals surface area contributed by atoms with E-state index >= 15 is 0 Å². The van der Waals surface area contributed by atoms with E-state index in [2.05, 4.69) is 15.9 Å². The fourth-order valence-corrected chi connectivity index (χ4v) is 3.58. The van der Waals surface area contributed by atoms with Crippen molar-refractivity contribution in [2.45, 2.75) is 30.4 Å². The van der Waals surface area contributed by atoms with Crippen LogP contribution in [0.2, 0.25) is 0 Å². The van der Waals surface area contributed by atoms with E-state index in [0.717, 1.165) is 6.42 Å². The van der Waals surface area contributed by atoms with Crippen molar-refractivity contribution < 1.29 is 17.9 Å². The monoisotopic (exact) mass is 395 g/mol. The Morgan fingerprint density at radius 1 is 1.48 bits per heavy atom. The van der Waals surface area contributed by atoms with Gasteiger partial charge in [-0.05, 0) is 47.5 Å². The topological polar surface area (TPSA) is 63.7 Å². The average molecular weight is 397 g/mol. The maximum Gasteiger partial charge on any atom is 0.261 e. The van der Waals surface area contributed by atoms with Gasteiger partial charge >= 0.3 is 0 Å². The summed E-state index contributed by atoms with van der Waals surface area (Å²) in [5.41, 5.74) is 0.262. The van der Waals surface area contributed by atoms with Gasteiger partial charge in [0.15, 0.2) is 0 Å². The summed E-state index contributed by atoms with van der Waals surface area (Å²) < 4.78 is 28.8. The smallest absolute Gasteiger partial charge is 0.261 e. The van der Waals surface area contributed by atoms with E-state index < -0.39 is 9.05 Å². The number of benzene rings is 1. The first-order valence-corrected chi connectivity index (χ1v) is 9.45. The van der Waals surface area contributed by atoms with Gasteiger partial charge in [0.05, 0.1) is 22.6 Å². The molecule has 2 atom stereocenters. The van der Waals surface area contributed by atoms with Crippen molar-refractivity contribution in [3.05, 3.63) is 28.2 Å². The second kappa shape index (κ2) is 6.24. The molecule has 1 aromatic rings. The van der Waals surface area contributed by atoms with Gasteiger partial charge in [0.2, 0.25) is 0 Å². The second-order valence-corrected chi connectivity index (χ2v) is 8.35. The fraction of sp³-hybridized carbons (Fsp3) is 0.462. The van der Waals surface area contributed by atoms with Gasteiger partial charge in [0.1, 0.15) is 0 Å². The normalized spacial score (nSPS) is 22.3. The Kier molecular flexibility index (Phi) is 4.97. The Labute approximate surface area is 136 Å². The molecule has 5 nitrogen and oxygen atoms in total. The van der Waals surface area contributed by atoms with Gasteiger partial charge in [-0.3, -0.25) is 4.79 Å². The number of carbonyl (C=O) groups is 1. The minimum Gasteiger partial charge on any atom is -0.376 e. The lowest BCUT2D eigenvalue weighted by molar-refractivity contribution is 0.0573. The molecule has 1 fully saturated rings. The number of rotatable bonds is 3. The number of hydrogen-bond donors (Lipinski definition) is 0. The van der Waals surface area contributed by atoms with Crippen molar-refractivity contribution in [1.29, 1.82) is 0 Å². The number of carbonyl (C=O) groups excluding carboxylic acids is 1. The summed E-state index contributed by atoms with van der Waals surface area (Å²) in [5, 5.41) is 0. The molecule has 0 aromatic heterocycles. The van der Waals surface area contributed by atoms with E-state index in [-0.39, 0.29) is 28.5 Å². The molecule has 0 spiro atoms. The van der Waals surface area contributed by atoms with Gasteiger partial charge < -0.3 is 9.64 Å². The van der Waals surface area contributed by atoms with Crippen LogP contribution in [0.25, 0.3) is 0 Å². The van der Waals surface area contributed by atoms with Crippen molar-refractivity contribution >= 4 is 41.6 Å². The van der Waals surface area contributed by atoms with Gasteiger partial charge in [-0.2, -0.15) is 0 Å². The molecule has 0 N–H and O–H groups in total. The third-order valence-corrected chi connectivity index (χ3v) is 5.65. The maximum absolute atomic E-state index is 12.6. The zero-order valence-corrected chi connectivity index (χ0v) is 14.7. The van der Waals surface area contributed by atoms with E-state index in [4.69, 9.17) is 15.4 Å². The maximum atomic E-state index is 12.6. The largest absolute Gasteiger partial charge is 0.376 e. The lowest BCUT2D eigenvalue weighted by atomic mass is 10.1. The Morgan fingerprint density at radius 3 is 2.67 bits per heavy atom. The minimum absolute atomic E-state index is 0.0272. The summed E-state index contributed by atoms with van der Waals surface area (Å²) >= 11 is 3.27. The highest BCUT2D eigenvalue weighted by atomic mass is 79.9. The van der Waals surface area contributed by atoms with Crippen molar-refractivity contribution in [3.8, 4) is 0 Å². The van der Waals surface area contributed by atoms with Crippen LogP contribution in [0.15, 0.2) is 27.6 Å². The molecule has 1 aliphatic rings. The standard InChI is InChI=1S/C13H15BrClNO4S/c1-8-12(5-6-20-8)16(2)13(17)10-7-9(21(15,18)19)3-4-11(10)14/h3-4,7-8,12H,5-6H2,1-2H3. The lowest BCUT2D eigenvalue weighted by Crippen LogP contribution is -2.41. The third-order valence-electron chi connectivity index (χ3n) is 3.60. The van der Waals surface area contributed by atoms with E-state index in [1.54, 1.807) is 11.9 Å². The van der Waals surface area contributed by atoms with Gasteiger partial charge in [-0.25, -0.2) is 8.42 Å². The van der Waals surface area contributed by atoms with Gasteiger partial charge in [-0.1, -0.05) is 0 Å². The van der Waals surface area contributed by atoms with E-state index in [1.165, 1.54) is 18.2 Å². The average Bonchev–Trinajstić information content (AvgIpc) is 2.82. The van der Waals surface area contributed by atoms with Crippen molar-refractivity contribution in [2.24, 2.45) is 0 Å². The number of nitrogens with zero attached hydrogens (tertiary/aromatic N) is 1. The Bertz CT molecular complexity index is 664. The zero-order chi connectivity index (χ0) is 15.8. The molecule has 2 unspecified atom stereocenters. The number of likely N-dealkylation sites (N-methyl/N-ethyl adjacent to an activating group) is 1. The Hall–Kier alpha value is -0.630. The summed E-state index contributed by atoms with van der Waals surface area (Å²) in [5.74, 6) is -0.272. The molecule has 1 aromatic carbocycles. The van der Waals surface area contributed by atoms with Gasteiger partial charge in [0.25, 0.3) is 15.0 Å². The molecular formula is C13H15BrClNO4S. The van der Waals surface area contributed by atoms with Crippen LogP contribution in [0, 0.1) is 0 Å². The highest BCUT2D eigenvalue weighted by Gasteiger charge is 2.32. The van der Waals surface area contributed by atoms with Crippen LogP contribution in [0.1, 0.15) is 23.7 Å². The van der Waals surface area contributed by atoms with Gasteiger partial charge in [0, 0.05) is 28.8 Å². The molecule has 1 heterocycles. The summed E-state index contributed by atoms with van der Waals surface area (Å²) in [6.07, 6.45) is 0.715. The molecule has 116 valence electrons. The van der Waals surface area contributed by atoms with Gasteiger partial charge in [-0.15, -0.1) is 0 Å². The van der Waals surface area contributed by atoms with E-state index in [1.807, 2.05) is 6.92 Å². The molecule has 8 heteroatoms. The Morgan fingerprint density at radius 2 is 2.14 bits per heavy atom. The number of ether oxygens (including phenoxy) is 1. The summed E-state index contributed by atoms with van der Waals surface area (Å²) in [6.45, 7) is 2.52. The SMILES string of the molecule is CC1OCCC1N(C)C(=O)c1cc(S(=O)(=O)Cl)ccc1Br. The first kappa shape index (κ1) is 16.7. The van der Waals surface area contributed by atoms with E-state index in [9.17, 15) is 13.2 Å².